The molecule has 1 aromatic carbocycles. The fourth-order valence-electron chi connectivity index (χ4n) is 1.54. The summed E-state index contributed by atoms with van der Waals surface area (Å²) in [5.41, 5.74) is 2.82. The van der Waals surface area contributed by atoms with E-state index in [1.54, 1.807) is 0 Å². The molecule has 0 atom stereocenters. The van der Waals surface area contributed by atoms with Crippen LogP contribution in [0.25, 0.3) is 5.57 Å². The smallest absolute Gasteiger partial charge is 0.0216 e. The fraction of sp³-hybridized carbons (Fsp3) is 0.385. The Kier molecular flexibility index (Phi) is 3.75. The van der Waals surface area contributed by atoms with E-state index in [0.717, 1.165) is 6.42 Å². The van der Waals surface area contributed by atoms with Gasteiger partial charge in [-0.05, 0) is 23.5 Å². The monoisotopic (exact) mass is 174 g/mol. The maximum atomic E-state index is 2.32. The third kappa shape index (κ3) is 2.73. The second kappa shape index (κ2) is 4.86. The Balaban J connectivity index is 2.96. The molecule has 0 saturated heterocycles. The van der Waals surface area contributed by atoms with E-state index >= 15 is 0 Å². The van der Waals surface area contributed by atoms with Gasteiger partial charge in [0, 0.05) is 0 Å². The van der Waals surface area contributed by atoms with Crippen LogP contribution in [0.15, 0.2) is 36.4 Å². The topological polar surface area (TPSA) is 0 Å². The molecule has 0 aliphatic carbocycles. The molecule has 1 aromatic rings. The third-order valence-electron chi connectivity index (χ3n) is 2.15. The lowest BCUT2D eigenvalue weighted by Gasteiger charge is -2.11. The van der Waals surface area contributed by atoms with Crippen molar-refractivity contribution in [2.45, 2.75) is 27.2 Å². The summed E-state index contributed by atoms with van der Waals surface area (Å²) in [6, 6.07) is 10.6. The van der Waals surface area contributed by atoms with Gasteiger partial charge in [0.2, 0.25) is 0 Å². The first-order valence-electron chi connectivity index (χ1n) is 5.01. The maximum absolute atomic E-state index is 2.32. The second-order valence-corrected chi connectivity index (χ2v) is 3.59. The van der Waals surface area contributed by atoms with Gasteiger partial charge in [0.1, 0.15) is 0 Å². The highest BCUT2D eigenvalue weighted by Crippen LogP contribution is 2.22. The van der Waals surface area contributed by atoms with Crippen molar-refractivity contribution >= 4 is 5.57 Å². The zero-order valence-electron chi connectivity index (χ0n) is 8.75. The summed E-state index contributed by atoms with van der Waals surface area (Å²) in [6.07, 6.45) is 3.43. The number of allylic oxidation sites excluding steroid dienone is 2. The molecule has 0 spiro atoms. The number of benzene rings is 1. The largest absolute Gasteiger partial charge is 0.0807 e. The van der Waals surface area contributed by atoms with Crippen LogP contribution in [0.2, 0.25) is 0 Å². The van der Waals surface area contributed by atoms with E-state index in [1.807, 2.05) is 0 Å². The normalized spacial score (nSPS) is 12.2. The maximum Gasteiger partial charge on any atom is -0.0216 e. The summed E-state index contributed by atoms with van der Waals surface area (Å²) >= 11 is 0. The Bertz CT molecular complexity index is 267. The van der Waals surface area contributed by atoms with Crippen molar-refractivity contribution in [3.8, 4) is 0 Å². The third-order valence-corrected chi connectivity index (χ3v) is 2.15. The molecule has 0 N–H and O–H groups in total. The van der Waals surface area contributed by atoms with Crippen LogP contribution in [0.5, 0.6) is 0 Å². The van der Waals surface area contributed by atoms with Crippen molar-refractivity contribution in [1.29, 1.82) is 0 Å². The van der Waals surface area contributed by atoms with Crippen LogP contribution in [0.4, 0.5) is 0 Å². The fourth-order valence-corrected chi connectivity index (χ4v) is 1.54. The molecule has 0 aromatic heterocycles. The van der Waals surface area contributed by atoms with E-state index in [-0.39, 0.29) is 0 Å². The summed E-state index contributed by atoms with van der Waals surface area (Å²) in [5.74, 6) is 0.613. The summed E-state index contributed by atoms with van der Waals surface area (Å²) in [4.78, 5) is 0. The molecule has 0 aliphatic rings. The lowest BCUT2D eigenvalue weighted by molar-refractivity contribution is 0.850. The second-order valence-electron chi connectivity index (χ2n) is 3.59. The first-order valence-corrected chi connectivity index (χ1v) is 5.01. The molecule has 70 valence electrons. The molecule has 0 radical (unpaired) electrons. The van der Waals surface area contributed by atoms with Gasteiger partial charge in [0.15, 0.2) is 0 Å². The van der Waals surface area contributed by atoms with Crippen molar-refractivity contribution in [1.82, 2.24) is 0 Å². The summed E-state index contributed by atoms with van der Waals surface area (Å²) < 4.78 is 0. The Morgan fingerprint density at radius 1 is 1.23 bits per heavy atom. The van der Waals surface area contributed by atoms with Crippen molar-refractivity contribution in [2.75, 3.05) is 0 Å². The van der Waals surface area contributed by atoms with E-state index in [4.69, 9.17) is 0 Å². The van der Waals surface area contributed by atoms with Gasteiger partial charge in [-0.2, -0.15) is 0 Å². The average molecular weight is 174 g/mol. The number of hydrogen-bond acceptors (Lipinski definition) is 0. The van der Waals surface area contributed by atoms with E-state index in [9.17, 15) is 0 Å². The van der Waals surface area contributed by atoms with Gasteiger partial charge in [0.05, 0.1) is 0 Å². The van der Waals surface area contributed by atoms with E-state index in [0.29, 0.717) is 5.92 Å². The lowest BCUT2D eigenvalue weighted by Crippen LogP contribution is -1.93. The Morgan fingerprint density at radius 2 is 1.85 bits per heavy atom. The van der Waals surface area contributed by atoms with Crippen molar-refractivity contribution in [2.24, 2.45) is 5.92 Å². The molecule has 0 heteroatoms. The van der Waals surface area contributed by atoms with Crippen LogP contribution in [-0.4, -0.2) is 0 Å². The summed E-state index contributed by atoms with van der Waals surface area (Å²) in [6.45, 7) is 6.67. The minimum atomic E-state index is 0.613. The zero-order chi connectivity index (χ0) is 9.68. The number of rotatable bonds is 3. The predicted octanol–water partition coefficient (Wildman–Crippen LogP) is 4.14. The molecule has 0 saturated carbocycles. The van der Waals surface area contributed by atoms with Gasteiger partial charge >= 0.3 is 0 Å². The van der Waals surface area contributed by atoms with Gasteiger partial charge in [-0.1, -0.05) is 57.2 Å². The molecular formula is C13H18. The average Bonchev–Trinajstić information content (AvgIpc) is 2.15. The van der Waals surface area contributed by atoms with Crippen molar-refractivity contribution in [3.63, 3.8) is 0 Å². The van der Waals surface area contributed by atoms with Crippen LogP contribution in [0.3, 0.4) is 0 Å². The van der Waals surface area contributed by atoms with Crippen molar-refractivity contribution < 1.29 is 0 Å². The quantitative estimate of drug-likeness (QED) is 0.646. The summed E-state index contributed by atoms with van der Waals surface area (Å²) in [7, 11) is 0. The Hall–Kier alpha value is -1.04. The molecule has 0 heterocycles. The Morgan fingerprint density at radius 3 is 2.31 bits per heavy atom. The molecule has 0 unspecified atom stereocenters. The van der Waals surface area contributed by atoms with Crippen LogP contribution >= 0.6 is 0 Å². The highest BCUT2D eigenvalue weighted by Gasteiger charge is 2.03. The van der Waals surface area contributed by atoms with Gasteiger partial charge < -0.3 is 0 Å². The number of hydrogen-bond donors (Lipinski definition) is 0. The molecule has 13 heavy (non-hydrogen) atoms. The first kappa shape index (κ1) is 10.0. The van der Waals surface area contributed by atoms with Gasteiger partial charge in [-0.25, -0.2) is 0 Å². The molecule has 0 nitrogen and oxygen atoms in total. The van der Waals surface area contributed by atoms with Crippen LogP contribution in [0, 0.1) is 5.92 Å². The standard InChI is InChI=1S/C13H18/c1-4-8-13(11(2)3)12-9-6-5-7-10-12/h5-11H,4H2,1-3H3/b13-8-. The predicted molar refractivity (Wildman–Crippen MR) is 59.5 cm³/mol. The Labute approximate surface area is 81.3 Å². The highest BCUT2D eigenvalue weighted by molar-refractivity contribution is 5.66. The van der Waals surface area contributed by atoms with Crippen LogP contribution < -0.4 is 0 Å². The van der Waals surface area contributed by atoms with Gasteiger partial charge in [-0.3, -0.25) is 0 Å². The first-order chi connectivity index (χ1) is 6.25. The molecule has 0 bridgehead atoms. The molecule has 1 rings (SSSR count). The summed E-state index contributed by atoms with van der Waals surface area (Å²) in [5, 5.41) is 0. The zero-order valence-corrected chi connectivity index (χ0v) is 8.75. The SMILES string of the molecule is CC/C=C(\c1ccccc1)C(C)C. The molecule has 0 amide bonds. The van der Waals surface area contributed by atoms with E-state index < -0.39 is 0 Å². The van der Waals surface area contributed by atoms with Crippen LogP contribution in [0.1, 0.15) is 32.8 Å². The van der Waals surface area contributed by atoms with E-state index in [2.05, 4.69) is 57.2 Å². The highest BCUT2D eigenvalue weighted by atomic mass is 14.1. The molecule has 0 fully saturated rings. The van der Waals surface area contributed by atoms with E-state index in [1.165, 1.54) is 11.1 Å². The van der Waals surface area contributed by atoms with Crippen LogP contribution in [-0.2, 0) is 0 Å². The van der Waals surface area contributed by atoms with Gasteiger partial charge in [-0.15, -0.1) is 0 Å². The molecular weight excluding hydrogens is 156 g/mol. The van der Waals surface area contributed by atoms with Gasteiger partial charge in [0.25, 0.3) is 0 Å². The minimum absolute atomic E-state index is 0.613. The lowest BCUT2D eigenvalue weighted by atomic mass is 9.94. The van der Waals surface area contributed by atoms with Crippen molar-refractivity contribution in [3.05, 3.63) is 42.0 Å². The molecule has 0 aliphatic heterocycles. The minimum Gasteiger partial charge on any atom is -0.0807 e.